The summed E-state index contributed by atoms with van der Waals surface area (Å²) in [5, 5.41) is 0. The van der Waals surface area contributed by atoms with E-state index in [1.54, 1.807) is 0 Å². The van der Waals surface area contributed by atoms with Gasteiger partial charge in [0.15, 0.2) is 0 Å². The van der Waals surface area contributed by atoms with E-state index in [0.717, 1.165) is 0 Å². The number of nitrogens with one attached hydrogen (secondary N) is 1. The van der Waals surface area contributed by atoms with E-state index in [1.165, 1.54) is 19.0 Å². The van der Waals surface area contributed by atoms with Crippen molar-refractivity contribution in [3.63, 3.8) is 0 Å². The van der Waals surface area contributed by atoms with Crippen molar-refractivity contribution >= 4 is 17.0 Å². The molecule has 12 heavy (non-hydrogen) atoms. The van der Waals surface area contributed by atoms with E-state index in [0.29, 0.717) is 0 Å². The van der Waals surface area contributed by atoms with Gasteiger partial charge in [0.2, 0.25) is 0 Å². The van der Waals surface area contributed by atoms with Gasteiger partial charge in [0.1, 0.15) is 8.96 Å². The monoisotopic (exact) mass is 201 g/mol. The smallest absolute Gasteiger partial charge is 0.129 e. The molecule has 0 amide bonds. The van der Waals surface area contributed by atoms with E-state index in [4.69, 9.17) is 0 Å². The summed E-state index contributed by atoms with van der Waals surface area (Å²) in [5.41, 5.74) is 2.09. The first-order valence-electron chi connectivity index (χ1n) is 4.81. The summed E-state index contributed by atoms with van der Waals surface area (Å²) in [6, 6.07) is 1.44. The van der Waals surface area contributed by atoms with Crippen LogP contribution in [0, 0.1) is 0 Å². The molecule has 1 N–H and O–H groups in total. The first kappa shape index (κ1) is 12.1. The molecule has 0 radical (unpaired) electrons. The van der Waals surface area contributed by atoms with Crippen LogP contribution in [0.1, 0.15) is 6.42 Å². The lowest BCUT2D eigenvalue weighted by Crippen LogP contribution is -2.31. The van der Waals surface area contributed by atoms with E-state index in [1.807, 2.05) is 0 Å². The molecular weight excluding hydrogens is 178 g/mol. The molecule has 0 aromatic carbocycles. The number of rotatable bonds is 6. The minimum Gasteiger partial charge on any atom is -0.337 e. The van der Waals surface area contributed by atoms with Crippen LogP contribution < -0.4 is 4.98 Å². The Balaban J connectivity index is 3.27. The average Bonchev–Trinajstić information content (AvgIpc) is 1.96. The van der Waals surface area contributed by atoms with E-state index in [2.05, 4.69) is 43.4 Å². The third-order valence-electron chi connectivity index (χ3n) is 1.92. The zero-order valence-electron chi connectivity index (χ0n) is 8.98. The van der Waals surface area contributed by atoms with Gasteiger partial charge in [0, 0.05) is 8.07 Å². The van der Waals surface area contributed by atoms with Gasteiger partial charge in [0.05, 0.1) is 0 Å². The molecule has 0 aliphatic carbocycles. The van der Waals surface area contributed by atoms with Crippen molar-refractivity contribution in [2.45, 2.75) is 38.7 Å². The quantitative estimate of drug-likeness (QED) is 0.514. The van der Waals surface area contributed by atoms with Crippen LogP contribution in [-0.2, 0) is 0 Å². The molecule has 0 aliphatic heterocycles. The van der Waals surface area contributed by atoms with Gasteiger partial charge in [-0.1, -0.05) is 37.9 Å². The minimum absolute atomic E-state index is 0.738. The molecule has 0 spiro atoms. The van der Waals surface area contributed by atoms with E-state index in [9.17, 15) is 0 Å². The minimum atomic E-state index is -0.790. The summed E-state index contributed by atoms with van der Waals surface area (Å²) < 4.78 is 0. The first-order valence-corrected chi connectivity index (χ1v) is 10.9. The maximum absolute atomic E-state index is 3.80. The molecule has 0 bridgehead atoms. The van der Waals surface area contributed by atoms with Crippen molar-refractivity contribution in [3.8, 4) is 0 Å². The fourth-order valence-corrected chi connectivity index (χ4v) is 3.10. The molecule has 0 rings (SSSR count). The van der Waals surface area contributed by atoms with Gasteiger partial charge in [-0.3, -0.25) is 0 Å². The van der Waals surface area contributed by atoms with E-state index < -0.39 is 17.0 Å². The largest absolute Gasteiger partial charge is 0.337 e. The Morgan fingerprint density at radius 1 is 1.42 bits per heavy atom. The van der Waals surface area contributed by atoms with Crippen molar-refractivity contribution in [1.29, 1.82) is 0 Å². The van der Waals surface area contributed by atoms with Crippen molar-refractivity contribution in [3.05, 3.63) is 12.3 Å². The highest BCUT2D eigenvalue weighted by molar-refractivity contribution is 6.76. The molecule has 72 valence electrons. The number of hydrogen-bond donors (Lipinski definition) is 1. The van der Waals surface area contributed by atoms with Gasteiger partial charge in [-0.2, -0.15) is 0 Å². The van der Waals surface area contributed by atoms with Gasteiger partial charge in [-0.25, -0.2) is 0 Å². The Kier molecular flexibility index (Phi) is 5.79. The first-order chi connectivity index (χ1) is 5.45. The van der Waals surface area contributed by atoms with Crippen LogP contribution in [0.2, 0.25) is 32.2 Å². The Hall–Kier alpha value is 0.134. The van der Waals surface area contributed by atoms with Crippen LogP contribution in [-0.4, -0.2) is 23.6 Å². The highest BCUT2D eigenvalue weighted by Crippen LogP contribution is 2.09. The fraction of sp³-hybridized carbons (Fsp3) is 0.778. The summed E-state index contributed by atoms with van der Waals surface area (Å²) in [7, 11) is -1.53. The standard InChI is InChI=1S/C9H23NSi2/c1-6-11(2)10-8-7-9-12(3,4)5/h6,10-11H,1,7-9H2,2-5H3. The molecule has 0 heterocycles. The Bertz CT molecular complexity index is 129. The molecule has 0 saturated carbocycles. The van der Waals surface area contributed by atoms with Gasteiger partial charge in [0.25, 0.3) is 0 Å². The molecule has 1 atom stereocenters. The van der Waals surface area contributed by atoms with Gasteiger partial charge in [-0.05, 0) is 13.0 Å². The normalized spacial score (nSPS) is 14.3. The molecular formula is C9H23NSi2. The topological polar surface area (TPSA) is 12.0 Å². The van der Waals surface area contributed by atoms with Gasteiger partial charge in [-0.15, -0.1) is 6.58 Å². The zero-order valence-corrected chi connectivity index (χ0v) is 11.1. The summed E-state index contributed by atoms with van der Waals surface area (Å²) in [4.78, 5) is 3.55. The van der Waals surface area contributed by atoms with Gasteiger partial charge < -0.3 is 4.98 Å². The second-order valence-electron chi connectivity index (χ2n) is 4.64. The fourth-order valence-electron chi connectivity index (χ4n) is 1.03. The summed E-state index contributed by atoms with van der Waals surface area (Å²) in [6.07, 6.45) is 1.35. The number of hydrogen-bond acceptors (Lipinski definition) is 1. The van der Waals surface area contributed by atoms with Crippen LogP contribution in [0.5, 0.6) is 0 Å². The van der Waals surface area contributed by atoms with Crippen LogP contribution in [0.25, 0.3) is 0 Å². The molecule has 0 aromatic heterocycles. The Morgan fingerprint density at radius 3 is 2.42 bits per heavy atom. The summed E-state index contributed by atoms with van der Waals surface area (Å²) in [6.45, 7) is 14.6. The highest BCUT2D eigenvalue weighted by Gasteiger charge is 2.11. The third-order valence-corrected chi connectivity index (χ3v) is 5.42. The molecule has 1 nitrogen and oxygen atoms in total. The van der Waals surface area contributed by atoms with Crippen LogP contribution >= 0.6 is 0 Å². The van der Waals surface area contributed by atoms with Crippen molar-refractivity contribution < 1.29 is 0 Å². The van der Waals surface area contributed by atoms with Crippen LogP contribution in [0.15, 0.2) is 12.3 Å². The second-order valence-corrected chi connectivity index (χ2v) is 12.7. The summed E-state index contributed by atoms with van der Waals surface area (Å²) >= 11 is 0. The predicted octanol–water partition coefficient (Wildman–Crippen LogP) is 2.38. The molecule has 0 fully saturated rings. The SMILES string of the molecule is C=C[SiH](C)NCCC[Si](C)(C)C. The zero-order chi connectivity index (χ0) is 9.61. The molecule has 0 aliphatic rings. The molecule has 0 saturated heterocycles. The second kappa shape index (κ2) is 5.72. The maximum Gasteiger partial charge on any atom is 0.129 e. The molecule has 1 unspecified atom stereocenters. The molecule has 3 heteroatoms. The average molecular weight is 201 g/mol. The Labute approximate surface area is 80.0 Å². The van der Waals surface area contributed by atoms with Gasteiger partial charge >= 0.3 is 0 Å². The third kappa shape index (κ3) is 8.23. The predicted molar refractivity (Wildman–Crippen MR) is 64.0 cm³/mol. The van der Waals surface area contributed by atoms with Crippen LogP contribution in [0.3, 0.4) is 0 Å². The highest BCUT2D eigenvalue weighted by atomic mass is 28.3. The summed E-state index contributed by atoms with van der Waals surface area (Å²) in [5.74, 6) is 0. The van der Waals surface area contributed by atoms with Crippen LogP contribution in [0.4, 0.5) is 0 Å². The van der Waals surface area contributed by atoms with Crippen molar-refractivity contribution in [2.24, 2.45) is 0 Å². The lowest BCUT2D eigenvalue weighted by Gasteiger charge is -2.16. The van der Waals surface area contributed by atoms with E-state index in [-0.39, 0.29) is 0 Å². The lowest BCUT2D eigenvalue weighted by molar-refractivity contribution is 0.842. The lowest BCUT2D eigenvalue weighted by atomic mass is 10.5. The van der Waals surface area contributed by atoms with Crippen molar-refractivity contribution in [1.82, 2.24) is 4.98 Å². The van der Waals surface area contributed by atoms with E-state index >= 15 is 0 Å². The molecule has 0 aromatic rings. The van der Waals surface area contributed by atoms with Crippen molar-refractivity contribution in [2.75, 3.05) is 6.54 Å². The maximum atomic E-state index is 3.80. The Morgan fingerprint density at radius 2 is 2.00 bits per heavy atom.